The van der Waals surface area contributed by atoms with E-state index in [4.69, 9.17) is 28.9 Å². The van der Waals surface area contributed by atoms with Gasteiger partial charge in [-0.2, -0.15) is 0 Å². The summed E-state index contributed by atoms with van der Waals surface area (Å²) in [5, 5.41) is 0.736. The Kier molecular flexibility index (Phi) is 4.60. The summed E-state index contributed by atoms with van der Waals surface area (Å²) in [7, 11) is 1.71. The Labute approximate surface area is 127 Å². The van der Waals surface area contributed by atoms with Crippen LogP contribution in [-0.4, -0.2) is 34.4 Å². The molecule has 0 unspecified atom stereocenters. The van der Waals surface area contributed by atoms with Crippen molar-refractivity contribution in [2.45, 2.75) is 19.3 Å². The molecule has 1 fully saturated rings. The molecule has 0 spiro atoms. The third-order valence-electron chi connectivity index (χ3n) is 3.73. The van der Waals surface area contributed by atoms with Crippen LogP contribution in [0.2, 0.25) is 10.2 Å². The number of hydrogen-bond acceptors (Lipinski definition) is 2. The highest BCUT2D eigenvalue weighted by Crippen LogP contribution is 2.27. The van der Waals surface area contributed by atoms with Crippen LogP contribution in [0.15, 0.2) is 6.07 Å². The first-order valence-corrected chi connectivity index (χ1v) is 7.24. The van der Waals surface area contributed by atoms with Crippen LogP contribution < -0.4 is 5.73 Å². The van der Waals surface area contributed by atoms with E-state index >= 15 is 0 Å². The van der Waals surface area contributed by atoms with E-state index in [2.05, 4.69) is 0 Å². The fourth-order valence-corrected chi connectivity index (χ4v) is 2.91. The van der Waals surface area contributed by atoms with Crippen LogP contribution >= 0.6 is 23.2 Å². The molecule has 1 aromatic heterocycles. The molecular weight excluding hydrogens is 301 g/mol. The van der Waals surface area contributed by atoms with E-state index in [1.807, 2.05) is 0 Å². The van der Waals surface area contributed by atoms with Gasteiger partial charge in [0.25, 0.3) is 5.91 Å². The molecule has 0 aromatic carbocycles. The molecule has 0 aliphatic carbocycles. The lowest BCUT2D eigenvalue weighted by atomic mass is 9.93. The Hall–Kier alpha value is -1.20. The molecule has 0 bridgehead atoms. The van der Waals surface area contributed by atoms with E-state index in [0.29, 0.717) is 35.4 Å². The molecule has 2 N–H and O–H groups in total. The number of amides is 2. The van der Waals surface area contributed by atoms with Crippen LogP contribution in [0.5, 0.6) is 0 Å². The number of primary amides is 1. The molecular formula is C13H17Cl2N3O2. The van der Waals surface area contributed by atoms with Gasteiger partial charge >= 0.3 is 0 Å². The van der Waals surface area contributed by atoms with Gasteiger partial charge < -0.3 is 15.2 Å². The molecule has 0 radical (unpaired) electrons. The van der Waals surface area contributed by atoms with Crippen molar-refractivity contribution in [2.75, 3.05) is 13.1 Å². The van der Waals surface area contributed by atoms with Crippen molar-refractivity contribution < 1.29 is 9.59 Å². The largest absolute Gasteiger partial charge is 0.370 e. The van der Waals surface area contributed by atoms with Crippen LogP contribution in [0.1, 0.15) is 29.8 Å². The topological polar surface area (TPSA) is 68.3 Å². The third-order valence-corrected chi connectivity index (χ3v) is 4.57. The number of nitrogens with two attached hydrogens (primary N) is 1. The molecule has 1 aromatic rings. The van der Waals surface area contributed by atoms with Gasteiger partial charge in [0, 0.05) is 26.6 Å². The average molecular weight is 318 g/mol. The lowest BCUT2D eigenvalue weighted by molar-refractivity contribution is -0.119. The smallest absolute Gasteiger partial charge is 0.270 e. The normalized spacial score (nSPS) is 16.4. The van der Waals surface area contributed by atoms with Crippen molar-refractivity contribution >= 4 is 35.0 Å². The highest BCUT2D eigenvalue weighted by molar-refractivity contribution is 6.41. The Morgan fingerprint density at radius 3 is 2.40 bits per heavy atom. The predicted molar refractivity (Wildman–Crippen MR) is 77.9 cm³/mol. The van der Waals surface area contributed by atoms with Gasteiger partial charge in [-0.05, 0) is 24.8 Å². The van der Waals surface area contributed by atoms with Gasteiger partial charge in [0.05, 0.1) is 5.02 Å². The zero-order valence-electron chi connectivity index (χ0n) is 11.2. The molecule has 1 aliphatic rings. The average Bonchev–Trinajstić information content (AvgIpc) is 2.66. The monoisotopic (exact) mass is 317 g/mol. The number of carbonyl (C=O) groups is 2. The first-order chi connectivity index (χ1) is 9.40. The van der Waals surface area contributed by atoms with Gasteiger partial charge in [0.15, 0.2) is 0 Å². The maximum Gasteiger partial charge on any atom is 0.270 e. The van der Waals surface area contributed by atoms with E-state index in [0.717, 1.165) is 12.8 Å². The minimum atomic E-state index is -0.282. The Morgan fingerprint density at radius 2 is 1.95 bits per heavy atom. The molecule has 0 saturated carbocycles. The number of halogens is 2. The van der Waals surface area contributed by atoms with Crippen LogP contribution in [-0.2, 0) is 11.8 Å². The van der Waals surface area contributed by atoms with Gasteiger partial charge in [-0.25, -0.2) is 0 Å². The van der Waals surface area contributed by atoms with Crippen LogP contribution in [0, 0.1) is 5.92 Å². The van der Waals surface area contributed by atoms with Crippen molar-refractivity contribution in [1.29, 1.82) is 0 Å². The summed E-state index contributed by atoms with van der Waals surface area (Å²) in [4.78, 5) is 25.1. The Balaban J connectivity index is 2.01. The van der Waals surface area contributed by atoms with E-state index < -0.39 is 0 Å². The third kappa shape index (κ3) is 3.10. The first-order valence-electron chi connectivity index (χ1n) is 6.48. The number of piperidine rings is 1. The van der Waals surface area contributed by atoms with Gasteiger partial charge in [-0.3, -0.25) is 9.59 Å². The number of hydrogen-bond donors (Lipinski definition) is 1. The quantitative estimate of drug-likeness (QED) is 0.927. The zero-order chi connectivity index (χ0) is 14.9. The number of nitrogens with zero attached hydrogens (tertiary/aromatic N) is 2. The fraction of sp³-hybridized carbons (Fsp3) is 0.538. The highest BCUT2D eigenvalue weighted by atomic mass is 35.5. The van der Waals surface area contributed by atoms with E-state index in [1.54, 1.807) is 22.6 Å². The second-order valence-electron chi connectivity index (χ2n) is 5.13. The first kappa shape index (κ1) is 15.2. The number of likely N-dealkylation sites (tertiary alicyclic amines) is 1. The molecule has 20 heavy (non-hydrogen) atoms. The van der Waals surface area contributed by atoms with Crippen molar-refractivity contribution in [3.8, 4) is 0 Å². The molecule has 0 atom stereocenters. The Morgan fingerprint density at radius 1 is 1.35 bits per heavy atom. The molecule has 1 aliphatic heterocycles. The lowest BCUT2D eigenvalue weighted by Gasteiger charge is -2.31. The number of rotatable bonds is 3. The van der Waals surface area contributed by atoms with E-state index in [1.165, 1.54) is 0 Å². The molecule has 2 amide bonds. The minimum absolute atomic E-state index is 0.0844. The summed E-state index contributed by atoms with van der Waals surface area (Å²) >= 11 is 11.9. The second kappa shape index (κ2) is 6.06. The maximum absolute atomic E-state index is 12.4. The standard InChI is InChI=1S/C13H17Cl2N3O2/c1-17-10(7-9(14)12(17)15)13(20)18-4-2-8(3-5-18)6-11(16)19/h7-8H,2-6H2,1H3,(H2,16,19). The van der Waals surface area contributed by atoms with E-state index in [-0.39, 0.29) is 17.7 Å². The SMILES string of the molecule is Cn1c(C(=O)N2CCC(CC(N)=O)CC2)cc(Cl)c1Cl. The minimum Gasteiger partial charge on any atom is -0.370 e. The van der Waals surface area contributed by atoms with Crippen molar-refractivity contribution in [2.24, 2.45) is 18.7 Å². The number of carbonyl (C=O) groups excluding carboxylic acids is 2. The van der Waals surface area contributed by atoms with Crippen LogP contribution in [0.4, 0.5) is 0 Å². The van der Waals surface area contributed by atoms with Gasteiger partial charge in [0.1, 0.15) is 10.8 Å². The van der Waals surface area contributed by atoms with E-state index in [9.17, 15) is 9.59 Å². The van der Waals surface area contributed by atoms with Crippen molar-refractivity contribution in [1.82, 2.24) is 9.47 Å². The maximum atomic E-state index is 12.4. The molecule has 1 saturated heterocycles. The Bertz CT molecular complexity index is 534. The molecule has 2 rings (SSSR count). The fourth-order valence-electron chi connectivity index (χ4n) is 2.53. The molecule has 2 heterocycles. The van der Waals surface area contributed by atoms with Crippen molar-refractivity contribution in [3.63, 3.8) is 0 Å². The summed E-state index contributed by atoms with van der Waals surface area (Å²) in [6.07, 6.45) is 1.98. The van der Waals surface area contributed by atoms with Gasteiger partial charge in [-0.1, -0.05) is 23.2 Å². The molecule has 110 valence electrons. The summed E-state index contributed by atoms with van der Waals surface area (Å²) in [5.41, 5.74) is 5.68. The van der Waals surface area contributed by atoms with Crippen LogP contribution in [0.3, 0.4) is 0 Å². The van der Waals surface area contributed by atoms with Crippen LogP contribution in [0.25, 0.3) is 0 Å². The number of aromatic nitrogens is 1. The summed E-state index contributed by atoms with van der Waals surface area (Å²) in [6.45, 7) is 1.24. The van der Waals surface area contributed by atoms with Gasteiger partial charge in [-0.15, -0.1) is 0 Å². The highest BCUT2D eigenvalue weighted by Gasteiger charge is 2.26. The summed E-state index contributed by atoms with van der Waals surface area (Å²) in [6, 6.07) is 1.59. The van der Waals surface area contributed by atoms with Gasteiger partial charge in [0.2, 0.25) is 5.91 Å². The van der Waals surface area contributed by atoms with Crippen molar-refractivity contribution in [3.05, 3.63) is 21.9 Å². The predicted octanol–water partition coefficient (Wildman–Crippen LogP) is 2.06. The molecule has 7 heteroatoms. The molecule has 5 nitrogen and oxygen atoms in total. The summed E-state index contributed by atoms with van der Waals surface area (Å²) in [5.74, 6) is -0.0910. The second-order valence-corrected chi connectivity index (χ2v) is 5.90. The summed E-state index contributed by atoms with van der Waals surface area (Å²) < 4.78 is 1.59. The lowest BCUT2D eigenvalue weighted by Crippen LogP contribution is -2.39. The zero-order valence-corrected chi connectivity index (χ0v) is 12.7.